The van der Waals surface area contributed by atoms with E-state index in [9.17, 15) is 8.78 Å². The molecular formula is C14H26F2N2. The van der Waals surface area contributed by atoms with Gasteiger partial charge < -0.3 is 0 Å². The predicted molar refractivity (Wildman–Crippen MR) is 70.1 cm³/mol. The minimum Gasteiger partial charge on any atom is -0.298 e. The number of nitrogens with zero attached hydrogens (tertiary/aromatic N) is 2. The van der Waals surface area contributed by atoms with E-state index in [1.54, 1.807) is 0 Å². The molecule has 1 saturated heterocycles. The molecule has 0 amide bonds. The van der Waals surface area contributed by atoms with Crippen LogP contribution in [0, 0.1) is 0 Å². The van der Waals surface area contributed by atoms with Crippen LogP contribution < -0.4 is 0 Å². The van der Waals surface area contributed by atoms with Crippen molar-refractivity contribution < 1.29 is 8.78 Å². The van der Waals surface area contributed by atoms with Crippen molar-refractivity contribution in [1.29, 1.82) is 0 Å². The Bertz CT molecular complexity index is 281. The minimum absolute atomic E-state index is 0.0685. The molecule has 0 aromatic rings. The number of hydrogen-bond acceptors (Lipinski definition) is 2. The standard InChI is InChI=1S/C14H26F2N2/c1-11(2)17-7-8-18(12(3)10-17)13-5-4-6-14(15,16)9-13/h11-13H,4-10H2,1-3H3/t12-,13+/m1/s1. The molecule has 2 nitrogen and oxygen atoms in total. The van der Waals surface area contributed by atoms with E-state index in [2.05, 4.69) is 30.6 Å². The van der Waals surface area contributed by atoms with Crippen LogP contribution >= 0.6 is 0 Å². The van der Waals surface area contributed by atoms with Gasteiger partial charge in [-0.05, 0) is 33.6 Å². The van der Waals surface area contributed by atoms with Crippen molar-refractivity contribution in [2.24, 2.45) is 0 Å². The lowest BCUT2D eigenvalue weighted by atomic mass is 9.89. The quantitative estimate of drug-likeness (QED) is 0.753. The summed E-state index contributed by atoms with van der Waals surface area (Å²) in [4.78, 5) is 4.77. The van der Waals surface area contributed by atoms with Gasteiger partial charge in [0.25, 0.3) is 0 Å². The molecule has 0 radical (unpaired) electrons. The van der Waals surface area contributed by atoms with Crippen molar-refractivity contribution in [3.63, 3.8) is 0 Å². The van der Waals surface area contributed by atoms with Crippen molar-refractivity contribution >= 4 is 0 Å². The average Bonchev–Trinajstić information content (AvgIpc) is 2.27. The highest BCUT2D eigenvalue weighted by Gasteiger charge is 2.40. The van der Waals surface area contributed by atoms with Gasteiger partial charge in [-0.25, -0.2) is 8.78 Å². The third-order valence-corrected chi connectivity index (χ3v) is 4.52. The summed E-state index contributed by atoms with van der Waals surface area (Å²) < 4.78 is 27.0. The second-order valence-electron chi connectivity index (χ2n) is 6.28. The van der Waals surface area contributed by atoms with Gasteiger partial charge in [-0.2, -0.15) is 0 Å². The second-order valence-corrected chi connectivity index (χ2v) is 6.28. The van der Waals surface area contributed by atoms with E-state index >= 15 is 0 Å². The van der Waals surface area contributed by atoms with E-state index < -0.39 is 5.92 Å². The van der Waals surface area contributed by atoms with Crippen molar-refractivity contribution in [2.45, 2.75) is 70.5 Å². The monoisotopic (exact) mass is 260 g/mol. The molecule has 0 spiro atoms. The molecule has 4 heteroatoms. The maximum atomic E-state index is 13.5. The minimum atomic E-state index is -2.43. The Morgan fingerprint density at radius 1 is 1.22 bits per heavy atom. The maximum absolute atomic E-state index is 13.5. The summed E-state index contributed by atoms with van der Waals surface area (Å²) in [7, 11) is 0. The van der Waals surface area contributed by atoms with Gasteiger partial charge in [-0.1, -0.05) is 0 Å². The van der Waals surface area contributed by atoms with Crippen LogP contribution in [0.4, 0.5) is 8.78 Å². The molecule has 0 aromatic heterocycles. The summed E-state index contributed by atoms with van der Waals surface area (Å²) in [6, 6.07) is 1.06. The fourth-order valence-corrected chi connectivity index (χ4v) is 3.44. The van der Waals surface area contributed by atoms with Crippen LogP contribution in [0.2, 0.25) is 0 Å². The van der Waals surface area contributed by atoms with Crippen LogP contribution in [0.3, 0.4) is 0 Å². The fourth-order valence-electron chi connectivity index (χ4n) is 3.44. The Morgan fingerprint density at radius 2 is 1.94 bits per heavy atom. The zero-order valence-corrected chi connectivity index (χ0v) is 11.8. The van der Waals surface area contributed by atoms with Crippen LogP contribution in [0.25, 0.3) is 0 Å². The van der Waals surface area contributed by atoms with Gasteiger partial charge in [0.1, 0.15) is 0 Å². The van der Waals surface area contributed by atoms with Crippen LogP contribution in [0.5, 0.6) is 0 Å². The van der Waals surface area contributed by atoms with E-state index in [-0.39, 0.29) is 18.9 Å². The van der Waals surface area contributed by atoms with Gasteiger partial charge in [0.05, 0.1) is 0 Å². The molecule has 0 aromatic carbocycles. The number of hydrogen-bond donors (Lipinski definition) is 0. The van der Waals surface area contributed by atoms with Crippen molar-refractivity contribution in [2.75, 3.05) is 19.6 Å². The molecule has 2 fully saturated rings. The zero-order chi connectivity index (χ0) is 13.3. The Kier molecular flexibility index (Phi) is 4.27. The average molecular weight is 260 g/mol. The van der Waals surface area contributed by atoms with E-state index in [0.29, 0.717) is 18.5 Å². The van der Waals surface area contributed by atoms with Crippen molar-refractivity contribution in [3.8, 4) is 0 Å². The van der Waals surface area contributed by atoms with Crippen LogP contribution in [-0.4, -0.2) is 53.5 Å². The molecule has 1 heterocycles. The second kappa shape index (κ2) is 5.41. The summed E-state index contributed by atoms with van der Waals surface area (Å²) in [6.07, 6.45) is 1.78. The lowest BCUT2D eigenvalue weighted by Gasteiger charge is -2.47. The molecule has 106 valence electrons. The zero-order valence-electron chi connectivity index (χ0n) is 11.8. The first-order chi connectivity index (χ1) is 8.39. The number of piperazine rings is 1. The molecule has 2 aliphatic rings. The molecule has 0 unspecified atom stereocenters. The predicted octanol–water partition coefficient (Wildman–Crippen LogP) is 2.98. The first kappa shape index (κ1) is 14.2. The summed E-state index contributed by atoms with van der Waals surface area (Å²) in [6.45, 7) is 9.57. The Balaban J connectivity index is 1.94. The molecule has 0 bridgehead atoms. The summed E-state index contributed by atoms with van der Waals surface area (Å²) in [5.74, 6) is -2.43. The fraction of sp³-hybridized carbons (Fsp3) is 1.00. The molecule has 1 aliphatic heterocycles. The first-order valence-corrected chi connectivity index (χ1v) is 7.27. The van der Waals surface area contributed by atoms with E-state index in [1.807, 2.05) is 0 Å². The smallest absolute Gasteiger partial charge is 0.249 e. The van der Waals surface area contributed by atoms with Crippen LogP contribution in [-0.2, 0) is 0 Å². The molecule has 1 aliphatic carbocycles. The molecule has 1 saturated carbocycles. The van der Waals surface area contributed by atoms with E-state index in [1.165, 1.54) is 0 Å². The highest BCUT2D eigenvalue weighted by molar-refractivity contribution is 4.90. The summed E-state index contributed by atoms with van der Waals surface area (Å²) >= 11 is 0. The van der Waals surface area contributed by atoms with Crippen LogP contribution in [0.1, 0.15) is 46.5 Å². The Labute approximate surface area is 109 Å². The number of rotatable bonds is 2. The van der Waals surface area contributed by atoms with E-state index in [4.69, 9.17) is 0 Å². The van der Waals surface area contributed by atoms with Gasteiger partial charge in [-0.3, -0.25) is 9.80 Å². The molecule has 2 rings (SSSR count). The third-order valence-electron chi connectivity index (χ3n) is 4.52. The van der Waals surface area contributed by atoms with Gasteiger partial charge in [0, 0.05) is 50.6 Å². The highest BCUT2D eigenvalue weighted by Crippen LogP contribution is 2.36. The van der Waals surface area contributed by atoms with Gasteiger partial charge in [-0.15, -0.1) is 0 Å². The van der Waals surface area contributed by atoms with Crippen LogP contribution in [0.15, 0.2) is 0 Å². The normalized spacial score (nSPS) is 35.0. The molecule has 18 heavy (non-hydrogen) atoms. The number of alkyl halides is 2. The SMILES string of the molecule is CC(C)N1CCN([C@H]2CCCC(F)(F)C2)[C@H](C)C1. The van der Waals surface area contributed by atoms with Crippen molar-refractivity contribution in [3.05, 3.63) is 0 Å². The van der Waals surface area contributed by atoms with Gasteiger partial charge >= 0.3 is 0 Å². The lowest BCUT2D eigenvalue weighted by molar-refractivity contribution is -0.0790. The third kappa shape index (κ3) is 3.21. The molecule has 2 atom stereocenters. The topological polar surface area (TPSA) is 6.48 Å². The Morgan fingerprint density at radius 3 is 2.50 bits per heavy atom. The summed E-state index contributed by atoms with van der Waals surface area (Å²) in [5, 5.41) is 0. The van der Waals surface area contributed by atoms with Crippen molar-refractivity contribution in [1.82, 2.24) is 9.80 Å². The largest absolute Gasteiger partial charge is 0.298 e. The highest BCUT2D eigenvalue weighted by atomic mass is 19.3. The molecular weight excluding hydrogens is 234 g/mol. The van der Waals surface area contributed by atoms with E-state index in [0.717, 1.165) is 26.1 Å². The lowest BCUT2D eigenvalue weighted by Crippen LogP contribution is -2.58. The molecule has 0 N–H and O–H groups in total. The first-order valence-electron chi connectivity index (χ1n) is 7.27. The summed E-state index contributed by atoms with van der Waals surface area (Å²) in [5.41, 5.74) is 0. The Hall–Kier alpha value is -0.220. The maximum Gasteiger partial charge on any atom is 0.249 e. The van der Waals surface area contributed by atoms with Gasteiger partial charge in [0.2, 0.25) is 5.92 Å². The van der Waals surface area contributed by atoms with Gasteiger partial charge in [0.15, 0.2) is 0 Å². The number of halogens is 2.